The normalized spacial score (nSPS) is 17.8. The number of urea groups is 1. The third kappa shape index (κ3) is 5.21. The van der Waals surface area contributed by atoms with E-state index in [-0.39, 0.29) is 11.4 Å². The van der Waals surface area contributed by atoms with Gasteiger partial charge in [0.25, 0.3) is 0 Å². The van der Waals surface area contributed by atoms with Gasteiger partial charge in [0.1, 0.15) is 0 Å². The molecule has 1 unspecified atom stereocenters. The summed E-state index contributed by atoms with van der Waals surface area (Å²) in [5, 5.41) is 13.6. The lowest BCUT2D eigenvalue weighted by Crippen LogP contribution is -2.46. The number of rotatable bonds is 6. The van der Waals surface area contributed by atoms with Crippen LogP contribution in [0.15, 0.2) is 24.3 Å². The number of carbonyl (C=O) groups excluding carboxylic acids is 1. The van der Waals surface area contributed by atoms with Gasteiger partial charge in [0.15, 0.2) is 0 Å². The highest BCUT2D eigenvalue weighted by Gasteiger charge is 2.28. The summed E-state index contributed by atoms with van der Waals surface area (Å²) < 4.78 is 0. The van der Waals surface area contributed by atoms with E-state index in [0.717, 1.165) is 50.0 Å². The molecule has 1 aliphatic rings. The van der Waals surface area contributed by atoms with Crippen LogP contribution in [0.2, 0.25) is 0 Å². The second kappa shape index (κ2) is 8.87. The lowest BCUT2D eigenvalue weighted by atomic mass is 9.79. The molecule has 2 rings (SSSR count). The van der Waals surface area contributed by atoms with Gasteiger partial charge in [-0.15, -0.1) is 0 Å². The highest BCUT2D eigenvalue weighted by molar-refractivity contribution is 5.89. The number of nitrogens with zero attached hydrogens (tertiary/aromatic N) is 2. The van der Waals surface area contributed by atoms with Gasteiger partial charge in [0.05, 0.1) is 6.10 Å². The Bertz CT molecular complexity index is 577. The van der Waals surface area contributed by atoms with Gasteiger partial charge in [-0.25, -0.2) is 4.79 Å². The van der Waals surface area contributed by atoms with Crippen LogP contribution in [0, 0.1) is 5.41 Å². The zero-order valence-corrected chi connectivity index (χ0v) is 17.0. The van der Waals surface area contributed by atoms with Crippen molar-refractivity contribution in [1.82, 2.24) is 9.80 Å². The second-order valence-corrected chi connectivity index (χ2v) is 8.34. The fourth-order valence-electron chi connectivity index (χ4n) is 3.74. The number of hydrogen-bond acceptors (Lipinski definition) is 3. The average molecular weight is 362 g/mol. The number of hydrogen-bond donors (Lipinski definition) is 2. The van der Waals surface area contributed by atoms with Crippen LogP contribution in [0.3, 0.4) is 0 Å². The monoisotopic (exact) mass is 361 g/mol. The molecular formula is C21H35N3O2. The molecule has 1 aromatic carbocycles. The Morgan fingerprint density at radius 3 is 2.42 bits per heavy atom. The van der Waals surface area contributed by atoms with Gasteiger partial charge in [0, 0.05) is 18.8 Å². The van der Waals surface area contributed by atoms with E-state index >= 15 is 0 Å². The lowest BCUT2D eigenvalue weighted by molar-refractivity contribution is 0.0425. The Labute approximate surface area is 158 Å². The molecule has 1 fully saturated rings. The Hall–Kier alpha value is -1.59. The standard InChI is InChI=1S/C21H35N3O2/c1-6-13-21(2,3)19(25)16-7-9-17(10-8-16)22-20(26)24(5)18-11-14-23(4)15-12-18/h7-10,18-19,25H,6,11-15H2,1-5H3,(H,22,26). The van der Waals surface area contributed by atoms with Crippen LogP contribution in [0.25, 0.3) is 0 Å². The molecular weight excluding hydrogens is 326 g/mol. The third-order valence-electron chi connectivity index (χ3n) is 5.67. The molecule has 26 heavy (non-hydrogen) atoms. The quantitative estimate of drug-likeness (QED) is 0.802. The predicted molar refractivity (Wildman–Crippen MR) is 107 cm³/mol. The Kier molecular flexibility index (Phi) is 7.07. The van der Waals surface area contributed by atoms with E-state index in [4.69, 9.17) is 0 Å². The molecule has 1 aliphatic heterocycles. The van der Waals surface area contributed by atoms with Crippen molar-refractivity contribution in [3.8, 4) is 0 Å². The van der Waals surface area contributed by atoms with Crippen LogP contribution in [0.5, 0.6) is 0 Å². The van der Waals surface area contributed by atoms with Crippen molar-refractivity contribution in [2.24, 2.45) is 5.41 Å². The van der Waals surface area contributed by atoms with Gasteiger partial charge in [-0.1, -0.05) is 39.3 Å². The minimum atomic E-state index is -0.505. The van der Waals surface area contributed by atoms with E-state index in [0.29, 0.717) is 6.04 Å². The molecule has 0 saturated carbocycles. The first kappa shape index (κ1) is 20.7. The van der Waals surface area contributed by atoms with Gasteiger partial charge < -0.3 is 20.2 Å². The van der Waals surface area contributed by atoms with Crippen molar-refractivity contribution in [2.75, 3.05) is 32.5 Å². The molecule has 0 spiro atoms. The summed E-state index contributed by atoms with van der Waals surface area (Å²) in [5.74, 6) is 0. The molecule has 1 atom stereocenters. The van der Waals surface area contributed by atoms with Crippen molar-refractivity contribution in [3.05, 3.63) is 29.8 Å². The maximum Gasteiger partial charge on any atom is 0.321 e. The van der Waals surface area contributed by atoms with Crippen molar-refractivity contribution < 1.29 is 9.90 Å². The van der Waals surface area contributed by atoms with Gasteiger partial charge in [-0.05, 0) is 62.5 Å². The smallest absolute Gasteiger partial charge is 0.321 e. The largest absolute Gasteiger partial charge is 0.388 e. The maximum absolute atomic E-state index is 12.5. The molecule has 1 aromatic rings. The third-order valence-corrected chi connectivity index (χ3v) is 5.67. The van der Waals surface area contributed by atoms with E-state index in [1.165, 1.54) is 0 Å². The molecule has 0 bridgehead atoms. The van der Waals surface area contributed by atoms with Crippen LogP contribution in [0.1, 0.15) is 58.1 Å². The molecule has 1 saturated heterocycles. The van der Waals surface area contributed by atoms with Gasteiger partial charge in [-0.3, -0.25) is 0 Å². The van der Waals surface area contributed by atoms with Crippen LogP contribution in [-0.2, 0) is 0 Å². The fraction of sp³-hybridized carbons (Fsp3) is 0.667. The SMILES string of the molecule is CCCC(C)(C)C(O)c1ccc(NC(=O)N(C)C2CCN(C)CC2)cc1. The van der Waals surface area contributed by atoms with E-state index in [1.54, 1.807) is 0 Å². The number of nitrogens with one attached hydrogen (secondary N) is 1. The minimum Gasteiger partial charge on any atom is -0.388 e. The van der Waals surface area contributed by atoms with E-state index in [9.17, 15) is 9.90 Å². The topological polar surface area (TPSA) is 55.8 Å². The molecule has 0 aliphatic carbocycles. The first-order valence-corrected chi connectivity index (χ1v) is 9.75. The van der Waals surface area contributed by atoms with E-state index in [1.807, 2.05) is 36.2 Å². The molecule has 0 radical (unpaired) electrons. The first-order valence-electron chi connectivity index (χ1n) is 9.75. The molecule has 0 aromatic heterocycles. The lowest BCUT2D eigenvalue weighted by Gasteiger charge is -2.35. The summed E-state index contributed by atoms with van der Waals surface area (Å²) in [5.41, 5.74) is 1.50. The number of likely N-dealkylation sites (tertiary alicyclic amines) is 1. The Balaban J connectivity index is 1.95. The van der Waals surface area contributed by atoms with Crippen molar-refractivity contribution in [2.45, 2.75) is 58.6 Å². The van der Waals surface area contributed by atoms with Crippen LogP contribution in [-0.4, -0.2) is 54.2 Å². The van der Waals surface area contributed by atoms with Gasteiger partial charge >= 0.3 is 6.03 Å². The maximum atomic E-state index is 12.5. The molecule has 2 amide bonds. The second-order valence-electron chi connectivity index (χ2n) is 8.34. The summed E-state index contributed by atoms with van der Waals surface area (Å²) >= 11 is 0. The minimum absolute atomic E-state index is 0.0702. The number of carbonyl (C=O) groups is 1. The number of aliphatic hydroxyl groups excluding tert-OH is 1. The highest BCUT2D eigenvalue weighted by Crippen LogP contribution is 2.37. The van der Waals surface area contributed by atoms with Crippen LogP contribution in [0.4, 0.5) is 10.5 Å². The summed E-state index contributed by atoms with van der Waals surface area (Å²) in [7, 11) is 3.99. The van der Waals surface area contributed by atoms with Gasteiger partial charge in [0.2, 0.25) is 0 Å². The van der Waals surface area contributed by atoms with Crippen molar-refractivity contribution in [3.63, 3.8) is 0 Å². The van der Waals surface area contributed by atoms with Crippen molar-refractivity contribution >= 4 is 11.7 Å². The molecule has 2 N–H and O–H groups in total. The predicted octanol–water partition coefficient (Wildman–Crippen LogP) is 4.10. The Morgan fingerprint density at radius 2 is 1.88 bits per heavy atom. The number of amides is 2. The Morgan fingerprint density at radius 1 is 1.31 bits per heavy atom. The number of aliphatic hydroxyl groups is 1. The van der Waals surface area contributed by atoms with Crippen LogP contribution < -0.4 is 5.32 Å². The van der Waals surface area contributed by atoms with Crippen molar-refractivity contribution in [1.29, 1.82) is 0 Å². The summed E-state index contributed by atoms with van der Waals surface area (Å²) in [4.78, 5) is 16.6. The zero-order chi connectivity index (χ0) is 19.3. The molecule has 5 heteroatoms. The van der Waals surface area contributed by atoms with E-state index < -0.39 is 6.10 Å². The average Bonchev–Trinajstić information content (AvgIpc) is 2.61. The molecule has 5 nitrogen and oxygen atoms in total. The summed E-state index contributed by atoms with van der Waals surface area (Å²) in [6, 6.07) is 7.80. The highest BCUT2D eigenvalue weighted by atomic mass is 16.3. The molecule has 1 heterocycles. The van der Waals surface area contributed by atoms with E-state index in [2.05, 4.69) is 38.0 Å². The first-order chi connectivity index (χ1) is 12.2. The molecule has 146 valence electrons. The fourth-order valence-corrected chi connectivity index (χ4v) is 3.74. The number of benzene rings is 1. The number of anilines is 1. The van der Waals surface area contributed by atoms with Crippen LogP contribution >= 0.6 is 0 Å². The zero-order valence-electron chi connectivity index (χ0n) is 17.0. The number of piperidine rings is 1. The summed E-state index contributed by atoms with van der Waals surface area (Å²) in [6.07, 6.45) is 3.53. The summed E-state index contributed by atoms with van der Waals surface area (Å²) in [6.45, 7) is 8.37. The van der Waals surface area contributed by atoms with Gasteiger partial charge in [-0.2, -0.15) is 0 Å².